The van der Waals surface area contributed by atoms with E-state index in [9.17, 15) is 0 Å². The molecule has 0 aliphatic carbocycles. The minimum Gasteiger partial charge on any atom is -0.363 e. The van der Waals surface area contributed by atoms with E-state index in [1.807, 2.05) is 0 Å². The van der Waals surface area contributed by atoms with Crippen LogP contribution < -0.4 is 0 Å². The van der Waals surface area contributed by atoms with Gasteiger partial charge in [-0.15, -0.1) is 0 Å². The summed E-state index contributed by atoms with van der Waals surface area (Å²) < 4.78 is 3.10. The second-order valence-corrected chi connectivity index (χ2v) is 41.4. The van der Waals surface area contributed by atoms with Crippen LogP contribution in [0.15, 0.2) is 23.2 Å². The molecule has 0 unspecified atom stereocenters. The molecule has 0 aromatic heterocycles. The van der Waals surface area contributed by atoms with E-state index in [1.54, 1.807) is 0 Å². The van der Waals surface area contributed by atoms with Gasteiger partial charge in [-0.25, -0.2) is 0 Å². The van der Waals surface area contributed by atoms with E-state index in [0.717, 1.165) is 0 Å². The lowest BCUT2D eigenvalue weighted by Crippen LogP contribution is -2.68. The van der Waals surface area contributed by atoms with Crippen LogP contribution >= 0.6 is 76.5 Å². The van der Waals surface area contributed by atoms with Crippen molar-refractivity contribution >= 4 is 86.0 Å². The fraction of sp³-hybridized carbons (Fsp3) is 0.692. The van der Waals surface area contributed by atoms with Gasteiger partial charge in [-0.2, -0.15) is 0 Å². The van der Waals surface area contributed by atoms with Gasteiger partial charge in [-0.3, -0.25) is 0 Å². The topological polar surface area (TPSA) is 6.48 Å². The first kappa shape index (κ1) is 22.0. The molecule has 2 nitrogen and oxygen atoms in total. The Morgan fingerprint density at radius 3 is 1.68 bits per heavy atom. The second kappa shape index (κ2) is 6.91. The highest BCUT2D eigenvalue weighted by Gasteiger charge is 2.53. The summed E-state index contributed by atoms with van der Waals surface area (Å²) in [6.07, 6.45) is 2.27. The normalized spacial score (nSPS) is 22.2. The fourth-order valence-corrected chi connectivity index (χ4v) is 17.6. The van der Waals surface area contributed by atoms with Crippen molar-refractivity contribution in [2.24, 2.45) is 0 Å². The molecular formula is C13H23Br5N2Si2. The van der Waals surface area contributed by atoms with Crippen molar-refractivity contribution in [3.8, 4) is 0 Å². The lowest BCUT2D eigenvalue weighted by molar-refractivity contribution is 0.228. The molecule has 0 aromatic rings. The minimum atomic E-state index is -2.23. The largest absolute Gasteiger partial charge is 0.413 e. The van der Waals surface area contributed by atoms with E-state index in [4.69, 9.17) is 0 Å². The Hall–Kier alpha value is 1.91. The maximum atomic E-state index is 4.08. The zero-order valence-corrected chi connectivity index (χ0v) is 23.9. The van der Waals surface area contributed by atoms with Gasteiger partial charge in [0.25, 0.3) is 3.93 Å². The third kappa shape index (κ3) is 5.20. The van der Waals surface area contributed by atoms with Gasteiger partial charge in [0.05, 0.1) is 0 Å². The summed E-state index contributed by atoms with van der Waals surface area (Å²) in [6.45, 7) is 15.7. The van der Waals surface area contributed by atoms with Crippen LogP contribution in [-0.4, -0.2) is 29.8 Å². The molecule has 0 saturated carbocycles. The Labute approximate surface area is 176 Å². The van der Waals surface area contributed by atoms with Gasteiger partial charge in [0.1, 0.15) is 0 Å². The molecule has 0 aromatic carbocycles. The quantitative estimate of drug-likeness (QED) is 0.223. The molecule has 0 radical (unpaired) electrons. The first-order valence-electron chi connectivity index (χ1n) is 6.94. The molecule has 22 heavy (non-hydrogen) atoms. The molecule has 0 bridgehead atoms. The maximum absolute atomic E-state index is 4.08. The van der Waals surface area contributed by atoms with E-state index in [0.29, 0.717) is 0 Å². The van der Waals surface area contributed by atoms with E-state index in [-0.39, 0.29) is 11.1 Å². The van der Waals surface area contributed by atoms with E-state index in [1.165, 1.54) is 11.4 Å². The Bertz CT molecular complexity index is 498. The molecule has 128 valence electrons. The van der Waals surface area contributed by atoms with Crippen LogP contribution in [0.3, 0.4) is 0 Å². The van der Waals surface area contributed by atoms with Crippen molar-refractivity contribution in [3.05, 3.63) is 23.2 Å². The van der Waals surface area contributed by atoms with E-state index < -0.39 is 9.57 Å². The van der Waals surface area contributed by atoms with Crippen molar-refractivity contribution in [3.63, 3.8) is 0 Å². The van der Waals surface area contributed by atoms with Crippen LogP contribution in [0.2, 0.25) is 0 Å². The Balaban J connectivity index is 3.63. The smallest absolute Gasteiger partial charge is 0.363 e. The number of nitrogens with zero attached hydrogens (tertiary/aromatic N) is 2. The van der Waals surface area contributed by atoms with Gasteiger partial charge in [-0.05, 0) is 60.2 Å². The van der Waals surface area contributed by atoms with Crippen molar-refractivity contribution in [2.75, 3.05) is 0 Å². The number of rotatable bonds is 1. The predicted molar refractivity (Wildman–Crippen MR) is 121 cm³/mol. The minimum absolute atomic E-state index is 0.0155. The summed E-state index contributed by atoms with van der Waals surface area (Å²) in [4.78, 5) is 0. The number of halogens is 5. The van der Waals surface area contributed by atoms with Crippen molar-refractivity contribution < 1.29 is 0 Å². The fourth-order valence-electron chi connectivity index (χ4n) is 2.81. The van der Waals surface area contributed by atoms with Crippen LogP contribution in [-0.2, 0) is 0 Å². The third-order valence-electron chi connectivity index (χ3n) is 3.16. The van der Waals surface area contributed by atoms with E-state index >= 15 is 0 Å². The molecule has 1 rings (SSSR count). The Morgan fingerprint density at radius 2 is 1.36 bits per heavy atom. The van der Waals surface area contributed by atoms with Crippen molar-refractivity contribution in [2.45, 2.75) is 59.5 Å². The van der Waals surface area contributed by atoms with Gasteiger partial charge >= 0.3 is 5.64 Å². The zero-order valence-electron chi connectivity index (χ0n) is 13.9. The summed E-state index contributed by atoms with van der Waals surface area (Å²) in [7, 11) is 0. The maximum Gasteiger partial charge on any atom is 0.413 e. The molecule has 1 aliphatic rings. The van der Waals surface area contributed by atoms with Gasteiger partial charge in [0.2, 0.25) is 0 Å². The monoisotopic (exact) mass is 658 g/mol. The third-order valence-corrected chi connectivity index (χ3v) is 13.1. The van der Waals surface area contributed by atoms with Crippen LogP contribution in [0.25, 0.3) is 0 Å². The molecule has 0 atom stereocenters. The van der Waals surface area contributed by atoms with Crippen LogP contribution in [0.5, 0.6) is 0 Å². The second-order valence-electron chi connectivity index (χ2n) is 7.42. The standard InChI is InChI=1S/C13H23Br5N2Si2/c1-10-8-11(9-21(14,15)16)20(13(5,6)7)22(17,18)19(10)12(2,3)4/h8-9H,1-7H3/b11-9+. The highest BCUT2D eigenvalue weighted by Crippen LogP contribution is 2.47. The summed E-state index contributed by atoms with van der Waals surface area (Å²) in [5.41, 5.74) is 2.55. The first-order chi connectivity index (χ1) is 9.48. The van der Waals surface area contributed by atoms with Gasteiger partial charge in [0, 0.05) is 22.5 Å². The van der Waals surface area contributed by atoms with Gasteiger partial charge < -0.3 is 9.13 Å². The Kier molecular flexibility index (Phi) is 6.89. The zero-order chi connectivity index (χ0) is 17.7. The summed E-state index contributed by atoms with van der Waals surface area (Å²) in [5, 5.41) is 0. The molecular weight excluding hydrogens is 640 g/mol. The van der Waals surface area contributed by atoms with E-state index in [2.05, 4.69) is 146 Å². The molecule has 0 N–H and O–H groups in total. The molecule has 0 saturated heterocycles. The molecule has 0 spiro atoms. The highest BCUT2D eigenvalue weighted by molar-refractivity contribution is 9.72. The Morgan fingerprint density at radius 1 is 0.955 bits per heavy atom. The SMILES string of the molecule is CC1=C/C(=C\[Si](Br)(Br)Br)N(C(C)(C)C)[Si](Br)(Br)N1C(C)(C)C. The van der Waals surface area contributed by atoms with Gasteiger partial charge in [-0.1, -0.05) is 76.5 Å². The summed E-state index contributed by atoms with van der Waals surface area (Å²) in [5.74, 6) is 0. The van der Waals surface area contributed by atoms with Crippen molar-refractivity contribution in [1.29, 1.82) is 0 Å². The number of hydrogen-bond acceptors (Lipinski definition) is 2. The predicted octanol–water partition coefficient (Wildman–Crippen LogP) is 6.88. The number of hydrogen-bond donors (Lipinski definition) is 0. The van der Waals surface area contributed by atoms with Crippen LogP contribution in [0.4, 0.5) is 0 Å². The van der Waals surface area contributed by atoms with Crippen LogP contribution in [0.1, 0.15) is 48.5 Å². The van der Waals surface area contributed by atoms with Crippen LogP contribution in [0, 0.1) is 0 Å². The molecule has 0 fully saturated rings. The molecule has 9 heteroatoms. The summed E-state index contributed by atoms with van der Waals surface area (Å²) >= 11 is 19.4. The average molecular weight is 663 g/mol. The lowest BCUT2D eigenvalue weighted by atomic mass is 10.1. The first-order valence-corrected chi connectivity index (χ1v) is 22.2. The molecule has 1 heterocycles. The molecule has 0 amide bonds. The average Bonchev–Trinajstić information content (AvgIpc) is 2.04. The molecule has 1 aliphatic heterocycles. The van der Waals surface area contributed by atoms with Crippen molar-refractivity contribution in [1.82, 2.24) is 9.13 Å². The lowest BCUT2D eigenvalue weighted by Gasteiger charge is -2.57. The summed E-state index contributed by atoms with van der Waals surface area (Å²) in [6, 6.07) is 0. The van der Waals surface area contributed by atoms with Gasteiger partial charge in [0.15, 0.2) is 0 Å². The highest BCUT2D eigenvalue weighted by atomic mass is 80.0. The number of allylic oxidation sites excluding steroid dienone is 2.